The first-order valence-electron chi connectivity index (χ1n) is 9.61. The fraction of sp³-hybridized carbons (Fsp3) is 0.227. The molecule has 0 bridgehead atoms. The minimum absolute atomic E-state index is 0.0610. The summed E-state index contributed by atoms with van der Waals surface area (Å²) in [4.78, 5) is 17.8. The molecule has 0 unspecified atom stereocenters. The number of carboxylic acids is 1. The fourth-order valence-corrected chi connectivity index (χ4v) is 4.00. The minimum Gasteiger partial charge on any atom is -0.478 e. The number of hydrogen-bond donors (Lipinski definition) is 3. The van der Waals surface area contributed by atoms with Gasteiger partial charge in [0.25, 0.3) is 0 Å². The predicted octanol–water partition coefficient (Wildman–Crippen LogP) is 3.39. The lowest BCUT2D eigenvalue weighted by Gasteiger charge is -2.25. The van der Waals surface area contributed by atoms with Crippen molar-refractivity contribution in [2.24, 2.45) is 0 Å². The van der Waals surface area contributed by atoms with Gasteiger partial charge in [-0.15, -0.1) is 0 Å². The van der Waals surface area contributed by atoms with Gasteiger partial charge >= 0.3 is 5.97 Å². The summed E-state index contributed by atoms with van der Waals surface area (Å²) in [5.41, 5.74) is 1.72. The van der Waals surface area contributed by atoms with Crippen LogP contribution in [-0.4, -0.2) is 44.3 Å². The maximum absolute atomic E-state index is 11.3. The molecule has 30 heavy (non-hydrogen) atoms. The number of nitrogens with zero attached hydrogens (tertiary/aromatic N) is 2. The van der Waals surface area contributed by atoms with E-state index in [1.165, 1.54) is 0 Å². The lowest BCUT2D eigenvalue weighted by molar-refractivity contribution is 0.0697. The zero-order valence-electron chi connectivity index (χ0n) is 16.1. The summed E-state index contributed by atoms with van der Waals surface area (Å²) in [6, 6.07) is 15.6. The van der Waals surface area contributed by atoms with E-state index in [1.807, 2.05) is 41.3 Å². The number of rotatable bonds is 7. The molecule has 8 heteroatoms. The average Bonchev–Trinajstić information content (AvgIpc) is 3.37. The summed E-state index contributed by atoms with van der Waals surface area (Å²) in [5, 5.41) is 22.5. The van der Waals surface area contributed by atoms with Gasteiger partial charge in [0.1, 0.15) is 17.6 Å². The first kappa shape index (κ1) is 20.1. The molecule has 0 saturated carbocycles. The first-order chi connectivity index (χ1) is 14.6. The number of aromatic carboxylic acids is 1. The number of aliphatic hydroxyl groups excluding tert-OH is 1. The molecule has 3 aromatic rings. The van der Waals surface area contributed by atoms with Crippen LogP contribution < -0.4 is 5.32 Å². The summed E-state index contributed by atoms with van der Waals surface area (Å²) < 4.78 is 6.17. The molecule has 1 saturated heterocycles. The first-order valence-corrected chi connectivity index (χ1v) is 10.0. The number of thiocarbonyl (C=S) groups is 1. The van der Waals surface area contributed by atoms with Crippen molar-refractivity contribution in [1.29, 1.82) is 0 Å². The second-order valence-electron chi connectivity index (χ2n) is 6.99. The van der Waals surface area contributed by atoms with Gasteiger partial charge in [-0.25, -0.2) is 4.79 Å². The normalized spacial score (nSPS) is 18.4. The van der Waals surface area contributed by atoms with E-state index in [9.17, 15) is 15.0 Å². The molecule has 0 aliphatic carbocycles. The van der Waals surface area contributed by atoms with Crippen LogP contribution in [-0.2, 0) is 0 Å². The summed E-state index contributed by atoms with van der Waals surface area (Å²) in [5.74, 6) is 0.277. The van der Waals surface area contributed by atoms with Gasteiger partial charge in [0.15, 0.2) is 5.11 Å². The second-order valence-corrected chi connectivity index (χ2v) is 7.37. The Morgan fingerprint density at radius 1 is 1.20 bits per heavy atom. The van der Waals surface area contributed by atoms with E-state index >= 15 is 0 Å². The average molecular weight is 423 g/mol. The highest BCUT2D eigenvalue weighted by Crippen LogP contribution is 2.40. The molecule has 3 N–H and O–H groups in total. The van der Waals surface area contributed by atoms with Crippen molar-refractivity contribution >= 4 is 23.3 Å². The Hall–Kier alpha value is -3.23. The number of hydrogen-bond acceptors (Lipinski definition) is 5. The molecule has 1 aromatic carbocycles. The maximum Gasteiger partial charge on any atom is 0.335 e. The highest BCUT2D eigenvalue weighted by Gasteiger charge is 2.41. The molecule has 1 aliphatic heterocycles. The number of nitrogens with one attached hydrogen (secondary N) is 1. The third-order valence-corrected chi connectivity index (χ3v) is 5.42. The molecule has 2 atom stereocenters. The summed E-state index contributed by atoms with van der Waals surface area (Å²) >= 11 is 5.55. The topological polar surface area (TPSA) is 98.8 Å². The van der Waals surface area contributed by atoms with E-state index in [0.29, 0.717) is 35.2 Å². The van der Waals surface area contributed by atoms with E-state index in [2.05, 4.69) is 10.3 Å². The monoisotopic (exact) mass is 423 g/mol. The van der Waals surface area contributed by atoms with Crippen molar-refractivity contribution in [1.82, 2.24) is 15.2 Å². The third kappa shape index (κ3) is 3.92. The number of aromatic nitrogens is 1. The Bertz CT molecular complexity index is 1050. The van der Waals surface area contributed by atoms with E-state index < -0.39 is 5.97 Å². The van der Waals surface area contributed by atoms with Crippen LogP contribution in [0.5, 0.6) is 0 Å². The predicted molar refractivity (Wildman–Crippen MR) is 115 cm³/mol. The van der Waals surface area contributed by atoms with Gasteiger partial charge in [0.2, 0.25) is 0 Å². The number of aliphatic hydroxyl groups is 1. The SMILES string of the molecule is O=C(O)c1cccc(-c2ccc([C@@H]3[C@@H](c4ccccn4)NC(=S)N3CCCO)o2)c1. The van der Waals surface area contributed by atoms with Crippen LogP contribution >= 0.6 is 12.2 Å². The highest BCUT2D eigenvalue weighted by molar-refractivity contribution is 7.80. The van der Waals surface area contributed by atoms with Crippen LogP contribution in [0.4, 0.5) is 0 Å². The van der Waals surface area contributed by atoms with E-state index in [1.54, 1.807) is 24.4 Å². The van der Waals surface area contributed by atoms with Crippen molar-refractivity contribution < 1.29 is 19.4 Å². The van der Waals surface area contributed by atoms with Crippen LogP contribution in [0.15, 0.2) is 65.2 Å². The maximum atomic E-state index is 11.3. The summed E-state index contributed by atoms with van der Waals surface area (Å²) in [7, 11) is 0. The third-order valence-electron chi connectivity index (χ3n) is 5.07. The molecule has 0 spiro atoms. The van der Waals surface area contributed by atoms with Crippen LogP contribution in [0.1, 0.15) is 40.3 Å². The molecule has 1 aliphatic rings. The minimum atomic E-state index is -0.987. The second kappa shape index (κ2) is 8.64. The Morgan fingerprint density at radius 3 is 2.80 bits per heavy atom. The Labute approximate surface area is 179 Å². The molecule has 0 radical (unpaired) electrons. The molecule has 154 valence electrons. The molecule has 2 aromatic heterocycles. The lowest BCUT2D eigenvalue weighted by atomic mass is 10.0. The van der Waals surface area contributed by atoms with E-state index in [-0.39, 0.29) is 24.3 Å². The van der Waals surface area contributed by atoms with Crippen molar-refractivity contribution in [3.63, 3.8) is 0 Å². The van der Waals surface area contributed by atoms with Gasteiger partial charge in [-0.05, 0) is 55.0 Å². The smallest absolute Gasteiger partial charge is 0.335 e. The van der Waals surface area contributed by atoms with Gasteiger partial charge in [0.05, 0.1) is 17.3 Å². The van der Waals surface area contributed by atoms with E-state index in [0.717, 1.165) is 5.69 Å². The van der Waals surface area contributed by atoms with Crippen LogP contribution in [0.2, 0.25) is 0 Å². The van der Waals surface area contributed by atoms with Gasteiger partial charge in [0, 0.05) is 24.9 Å². The number of pyridine rings is 1. The zero-order chi connectivity index (χ0) is 21.1. The summed E-state index contributed by atoms with van der Waals surface area (Å²) in [6.45, 7) is 0.631. The van der Waals surface area contributed by atoms with Crippen molar-refractivity contribution in [3.8, 4) is 11.3 Å². The molecule has 7 nitrogen and oxygen atoms in total. The Kier molecular flexibility index (Phi) is 5.78. The van der Waals surface area contributed by atoms with Crippen molar-refractivity contribution in [3.05, 3.63) is 77.8 Å². The van der Waals surface area contributed by atoms with Gasteiger partial charge < -0.3 is 24.8 Å². The highest BCUT2D eigenvalue weighted by atomic mass is 32.1. The zero-order valence-corrected chi connectivity index (χ0v) is 16.9. The van der Waals surface area contributed by atoms with Crippen molar-refractivity contribution in [2.75, 3.05) is 13.2 Å². The number of benzene rings is 1. The Balaban J connectivity index is 1.71. The van der Waals surface area contributed by atoms with Gasteiger partial charge in [-0.1, -0.05) is 18.2 Å². The summed E-state index contributed by atoms with van der Waals surface area (Å²) in [6.07, 6.45) is 2.31. The van der Waals surface area contributed by atoms with Crippen LogP contribution in [0, 0.1) is 0 Å². The molecule has 3 heterocycles. The number of carboxylic acid groups (broad SMARTS) is 1. The quantitative estimate of drug-likeness (QED) is 0.498. The van der Waals surface area contributed by atoms with Crippen molar-refractivity contribution in [2.45, 2.75) is 18.5 Å². The standard InChI is InChI=1S/C22H21N3O4S/c26-12-4-11-25-20(19(24-22(25)30)16-7-1-2-10-23-16)18-9-8-17(29-18)14-5-3-6-15(13-14)21(27)28/h1-3,5-10,13,19-20,26H,4,11-12H2,(H,24,30)(H,27,28)/t19-,20-/m1/s1. The Morgan fingerprint density at radius 2 is 2.07 bits per heavy atom. The molecule has 1 fully saturated rings. The number of furan rings is 1. The van der Waals surface area contributed by atoms with E-state index in [4.69, 9.17) is 16.6 Å². The molecule has 0 amide bonds. The molecular weight excluding hydrogens is 402 g/mol. The van der Waals surface area contributed by atoms with Crippen LogP contribution in [0.25, 0.3) is 11.3 Å². The lowest BCUT2D eigenvalue weighted by Crippen LogP contribution is -2.30. The van der Waals surface area contributed by atoms with Gasteiger partial charge in [-0.3, -0.25) is 4.98 Å². The largest absolute Gasteiger partial charge is 0.478 e. The van der Waals surface area contributed by atoms with Gasteiger partial charge in [-0.2, -0.15) is 0 Å². The van der Waals surface area contributed by atoms with Crippen LogP contribution in [0.3, 0.4) is 0 Å². The number of carbonyl (C=O) groups is 1. The fourth-order valence-electron chi connectivity index (χ4n) is 3.67. The molecular formula is C22H21N3O4S. The molecule has 4 rings (SSSR count).